The Bertz CT molecular complexity index is 1070. The minimum absolute atomic E-state index is 0.00962. The van der Waals surface area contributed by atoms with Crippen LogP contribution in [-0.2, 0) is 14.3 Å². The molecule has 2 N–H and O–H groups in total. The highest BCUT2D eigenvalue weighted by molar-refractivity contribution is 5.80. The van der Waals surface area contributed by atoms with Gasteiger partial charge in [-0.2, -0.15) is 0 Å². The first-order chi connectivity index (χ1) is 17.0. The summed E-state index contributed by atoms with van der Waals surface area (Å²) in [5.41, 5.74) is 4.72. The second-order valence-corrected chi connectivity index (χ2v) is 9.99. The van der Waals surface area contributed by atoms with Crippen molar-refractivity contribution in [1.29, 1.82) is 0 Å². The van der Waals surface area contributed by atoms with E-state index in [-0.39, 0.29) is 36.9 Å². The lowest BCUT2D eigenvalue weighted by atomic mass is 9.95. The zero-order chi connectivity index (χ0) is 24.4. The molecule has 1 saturated heterocycles. The van der Waals surface area contributed by atoms with E-state index in [1.165, 1.54) is 22.3 Å². The van der Waals surface area contributed by atoms with E-state index in [9.17, 15) is 19.5 Å². The third kappa shape index (κ3) is 4.90. The highest BCUT2D eigenvalue weighted by Crippen LogP contribution is 2.44. The van der Waals surface area contributed by atoms with E-state index in [2.05, 4.69) is 29.6 Å². The molecule has 0 spiro atoms. The third-order valence-electron chi connectivity index (χ3n) is 7.87. The highest BCUT2D eigenvalue weighted by Gasteiger charge is 2.35. The van der Waals surface area contributed by atoms with Crippen molar-refractivity contribution in [2.24, 2.45) is 11.8 Å². The topological polar surface area (TPSA) is 95.9 Å². The summed E-state index contributed by atoms with van der Waals surface area (Å²) in [5, 5.41) is 12.3. The van der Waals surface area contributed by atoms with E-state index < -0.39 is 18.0 Å². The van der Waals surface area contributed by atoms with E-state index in [1.54, 1.807) is 4.90 Å². The summed E-state index contributed by atoms with van der Waals surface area (Å²) >= 11 is 0. The summed E-state index contributed by atoms with van der Waals surface area (Å²) in [5.74, 6) is -1.27. The molecule has 5 rings (SSSR count). The monoisotopic (exact) mass is 476 g/mol. The quantitative estimate of drug-likeness (QED) is 0.644. The Morgan fingerprint density at radius 3 is 2.31 bits per heavy atom. The first-order valence-electron chi connectivity index (χ1n) is 12.6. The molecule has 3 atom stereocenters. The maximum atomic E-state index is 12.9. The number of nitrogens with one attached hydrogen (secondary N) is 1. The molecular weight excluding hydrogens is 444 g/mol. The van der Waals surface area contributed by atoms with Crippen molar-refractivity contribution in [2.45, 2.75) is 50.5 Å². The Labute approximate surface area is 205 Å². The first kappa shape index (κ1) is 23.4. The van der Waals surface area contributed by atoms with Gasteiger partial charge in [0.1, 0.15) is 6.61 Å². The molecule has 1 saturated carbocycles. The SMILES string of the molecule is O=C(N[C@@H]1CCC[C@H]1CC(=O)N1CCC[C@H](C(=O)O)C1)OCC1c2ccccc2-c2ccccc21. The Morgan fingerprint density at radius 1 is 0.943 bits per heavy atom. The maximum absolute atomic E-state index is 12.9. The lowest BCUT2D eigenvalue weighted by molar-refractivity contribution is -0.145. The minimum atomic E-state index is -0.835. The molecule has 0 radical (unpaired) electrons. The number of alkyl carbamates (subject to hydrolysis) is 1. The van der Waals surface area contributed by atoms with Gasteiger partial charge in [-0.1, -0.05) is 55.0 Å². The smallest absolute Gasteiger partial charge is 0.407 e. The van der Waals surface area contributed by atoms with Crippen LogP contribution < -0.4 is 5.32 Å². The van der Waals surface area contributed by atoms with Crippen LogP contribution in [0.4, 0.5) is 4.79 Å². The zero-order valence-electron chi connectivity index (χ0n) is 19.8. The van der Waals surface area contributed by atoms with Crippen LogP contribution in [0, 0.1) is 11.8 Å². The summed E-state index contributed by atoms with van der Waals surface area (Å²) in [6, 6.07) is 16.4. The summed E-state index contributed by atoms with van der Waals surface area (Å²) in [6.45, 7) is 1.16. The largest absolute Gasteiger partial charge is 0.481 e. The number of hydrogen-bond donors (Lipinski definition) is 2. The summed E-state index contributed by atoms with van der Waals surface area (Å²) in [7, 11) is 0. The fourth-order valence-electron chi connectivity index (χ4n) is 6.02. The van der Waals surface area contributed by atoms with Crippen molar-refractivity contribution < 1.29 is 24.2 Å². The number of benzene rings is 2. The molecule has 7 nitrogen and oxygen atoms in total. The molecule has 0 aromatic heterocycles. The van der Waals surface area contributed by atoms with Crippen molar-refractivity contribution in [3.63, 3.8) is 0 Å². The van der Waals surface area contributed by atoms with Gasteiger partial charge in [0.25, 0.3) is 0 Å². The average Bonchev–Trinajstić information content (AvgIpc) is 3.44. The lowest BCUT2D eigenvalue weighted by Crippen LogP contribution is -2.44. The van der Waals surface area contributed by atoms with E-state index in [0.717, 1.165) is 25.7 Å². The summed E-state index contributed by atoms with van der Waals surface area (Å²) < 4.78 is 5.70. The number of aliphatic carboxylic acids is 1. The molecule has 35 heavy (non-hydrogen) atoms. The highest BCUT2D eigenvalue weighted by atomic mass is 16.5. The molecule has 2 aromatic carbocycles. The number of carboxylic acid groups (broad SMARTS) is 1. The molecular formula is C28H32N2O5. The van der Waals surface area contributed by atoms with E-state index in [4.69, 9.17) is 4.74 Å². The minimum Gasteiger partial charge on any atom is -0.481 e. The van der Waals surface area contributed by atoms with Gasteiger partial charge in [0, 0.05) is 31.5 Å². The van der Waals surface area contributed by atoms with Crippen molar-refractivity contribution >= 4 is 18.0 Å². The van der Waals surface area contributed by atoms with Gasteiger partial charge in [-0.25, -0.2) is 4.79 Å². The number of rotatable bonds is 6. The number of carbonyl (C=O) groups excluding carboxylic acids is 2. The third-order valence-corrected chi connectivity index (χ3v) is 7.87. The van der Waals surface area contributed by atoms with Crippen molar-refractivity contribution in [3.05, 3.63) is 59.7 Å². The standard InChI is InChI=1S/C28H32N2O5/c31-26(30-14-6-8-19(16-30)27(32)33)15-18-7-5-13-25(18)29-28(34)35-17-24-22-11-3-1-9-20(22)21-10-2-4-12-23(21)24/h1-4,9-12,18-19,24-25H,5-8,13-17H2,(H,29,34)(H,32,33)/t18-,19-,25+/m0/s1. The molecule has 2 aliphatic carbocycles. The maximum Gasteiger partial charge on any atom is 0.407 e. The Balaban J connectivity index is 1.16. The number of carbonyl (C=O) groups is 3. The number of hydrogen-bond acceptors (Lipinski definition) is 4. The number of carboxylic acids is 1. The average molecular weight is 477 g/mol. The Morgan fingerprint density at radius 2 is 1.63 bits per heavy atom. The van der Waals surface area contributed by atoms with Gasteiger partial charge in [-0.15, -0.1) is 0 Å². The molecule has 7 heteroatoms. The number of amides is 2. The van der Waals surface area contributed by atoms with Crippen LogP contribution in [0.2, 0.25) is 0 Å². The Hall–Kier alpha value is -3.35. The van der Waals surface area contributed by atoms with Crippen LogP contribution in [0.3, 0.4) is 0 Å². The van der Waals surface area contributed by atoms with E-state index in [0.29, 0.717) is 19.4 Å². The van der Waals surface area contributed by atoms with Crippen LogP contribution in [0.5, 0.6) is 0 Å². The second kappa shape index (κ2) is 10.1. The molecule has 2 fully saturated rings. The van der Waals surface area contributed by atoms with Crippen LogP contribution in [0.1, 0.15) is 55.6 Å². The molecule has 2 amide bonds. The van der Waals surface area contributed by atoms with Crippen LogP contribution >= 0.6 is 0 Å². The number of nitrogens with zero attached hydrogens (tertiary/aromatic N) is 1. The lowest BCUT2D eigenvalue weighted by Gasteiger charge is -2.32. The molecule has 0 bridgehead atoms. The van der Waals surface area contributed by atoms with Crippen molar-refractivity contribution in [2.75, 3.05) is 19.7 Å². The van der Waals surface area contributed by atoms with E-state index >= 15 is 0 Å². The predicted octanol–water partition coefficient (Wildman–Crippen LogP) is 4.41. The Kier molecular flexibility index (Phi) is 6.75. The molecule has 2 aromatic rings. The van der Waals surface area contributed by atoms with Crippen molar-refractivity contribution in [1.82, 2.24) is 10.2 Å². The molecule has 184 valence electrons. The fraction of sp³-hybridized carbons (Fsp3) is 0.464. The van der Waals surface area contributed by atoms with Gasteiger partial charge >= 0.3 is 12.1 Å². The van der Waals surface area contributed by atoms with Gasteiger partial charge in [-0.05, 0) is 53.9 Å². The number of ether oxygens (including phenoxy) is 1. The van der Waals surface area contributed by atoms with Crippen molar-refractivity contribution in [3.8, 4) is 11.1 Å². The van der Waals surface area contributed by atoms with Crippen LogP contribution in [0.25, 0.3) is 11.1 Å². The molecule has 1 heterocycles. The number of likely N-dealkylation sites (tertiary alicyclic amines) is 1. The van der Waals surface area contributed by atoms with Gasteiger partial charge < -0.3 is 20.1 Å². The number of piperidine rings is 1. The van der Waals surface area contributed by atoms with Crippen LogP contribution in [0.15, 0.2) is 48.5 Å². The van der Waals surface area contributed by atoms with Gasteiger partial charge in [0.2, 0.25) is 5.91 Å². The fourth-order valence-corrected chi connectivity index (χ4v) is 6.02. The molecule has 3 aliphatic rings. The summed E-state index contributed by atoms with van der Waals surface area (Å²) in [4.78, 5) is 38.6. The normalized spacial score (nSPS) is 23.4. The van der Waals surface area contributed by atoms with Gasteiger partial charge in [-0.3, -0.25) is 9.59 Å². The number of fused-ring (bicyclic) bond motifs is 3. The predicted molar refractivity (Wildman–Crippen MR) is 131 cm³/mol. The van der Waals surface area contributed by atoms with E-state index in [1.807, 2.05) is 24.3 Å². The van der Waals surface area contributed by atoms with Gasteiger partial charge in [0.05, 0.1) is 5.92 Å². The summed E-state index contributed by atoms with van der Waals surface area (Å²) in [6.07, 6.45) is 3.87. The zero-order valence-corrected chi connectivity index (χ0v) is 19.8. The molecule has 1 aliphatic heterocycles. The molecule has 0 unspecified atom stereocenters. The van der Waals surface area contributed by atoms with Crippen LogP contribution in [-0.4, -0.2) is 53.7 Å². The van der Waals surface area contributed by atoms with Gasteiger partial charge in [0.15, 0.2) is 0 Å². The first-order valence-corrected chi connectivity index (χ1v) is 12.6. The second-order valence-electron chi connectivity index (χ2n) is 9.99.